The van der Waals surface area contributed by atoms with E-state index in [-0.39, 0.29) is 11.5 Å². The van der Waals surface area contributed by atoms with Crippen LogP contribution in [0, 0.1) is 6.92 Å². The monoisotopic (exact) mass is 370 g/mol. The van der Waals surface area contributed by atoms with Crippen molar-refractivity contribution in [2.24, 2.45) is 7.05 Å². The van der Waals surface area contributed by atoms with E-state index in [1.807, 2.05) is 43.0 Å². The van der Waals surface area contributed by atoms with Crippen molar-refractivity contribution in [2.45, 2.75) is 46.6 Å². The fourth-order valence-electron chi connectivity index (χ4n) is 3.08. The van der Waals surface area contributed by atoms with Crippen LogP contribution in [0.4, 0.5) is 0 Å². The van der Waals surface area contributed by atoms with Crippen LogP contribution < -0.4 is 10.3 Å². The minimum absolute atomic E-state index is 0.0556. The molecule has 1 saturated heterocycles. The van der Waals surface area contributed by atoms with Crippen LogP contribution >= 0.6 is 0 Å². The molecule has 1 fully saturated rings. The summed E-state index contributed by atoms with van der Waals surface area (Å²) < 4.78 is 7.30. The summed E-state index contributed by atoms with van der Waals surface area (Å²) in [6, 6.07) is 9.32. The minimum atomic E-state index is -0.0556. The molecule has 1 aliphatic rings. The summed E-state index contributed by atoms with van der Waals surface area (Å²) in [5.74, 6) is 0.700. The molecular weight excluding hydrogens is 340 g/mol. The first-order valence-corrected chi connectivity index (χ1v) is 9.73. The van der Waals surface area contributed by atoms with E-state index in [1.165, 1.54) is 11.0 Å². The lowest BCUT2D eigenvalue weighted by atomic mass is 10.1. The zero-order valence-corrected chi connectivity index (χ0v) is 16.8. The molecule has 5 heteroatoms. The zero-order valence-electron chi connectivity index (χ0n) is 16.8. The van der Waals surface area contributed by atoms with Gasteiger partial charge in [-0.05, 0) is 49.9 Å². The van der Waals surface area contributed by atoms with Crippen LogP contribution in [0.1, 0.15) is 54.6 Å². The smallest absolute Gasteiger partial charge is 0.256 e. The summed E-state index contributed by atoms with van der Waals surface area (Å²) in [5.41, 5.74) is 2.23. The Morgan fingerprint density at radius 2 is 1.67 bits per heavy atom. The molecule has 0 unspecified atom stereocenters. The summed E-state index contributed by atoms with van der Waals surface area (Å²) in [4.78, 5) is 26.3. The molecule has 2 heterocycles. The maximum Gasteiger partial charge on any atom is 0.256 e. The van der Waals surface area contributed by atoms with Gasteiger partial charge >= 0.3 is 0 Å². The molecular formula is C22H30N2O3. The molecule has 5 nitrogen and oxygen atoms in total. The number of amides is 1. The molecule has 1 aliphatic heterocycles. The van der Waals surface area contributed by atoms with Gasteiger partial charge in [0.05, 0.1) is 5.56 Å². The first-order valence-electron chi connectivity index (χ1n) is 9.73. The van der Waals surface area contributed by atoms with Gasteiger partial charge in [0.15, 0.2) is 0 Å². The summed E-state index contributed by atoms with van der Waals surface area (Å²) in [5, 5.41) is 0. The number of nitrogens with zero attached hydrogens (tertiary/aromatic N) is 2. The second-order valence-corrected chi connectivity index (χ2v) is 6.56. The van der Waals surface area contributed by atoms with E-state index >= 15 is 0 Å². The highest BCUT2D eigenvalue weighted by molar-refractivity contribution is 5.94. The number of aromatic nitrogens is 1. The van der Waals surface area contributed by atoms with Gasteiger partial charge in [-0.1, -0.05) is 26.0 Å². The molecule has 0 bridgehead atoms. The van der Waals surface area contributed by atoms with Crippen LogP contribution in [0.15, 0.2) is 41.3 Å². The van der Waals surface area contributed by atoms with Gasteiger partial charge in [0, 0.05) is 31.9 Å². The number of hydrogen-bond donors (Lipinski definition) is 0. The minimum Gasteiger partial charge on any atom is -0.488 e. The SMILES string of the molecule is CC.Cc1c(OCc2ccc(C(=O)N3CCCCC3)cc2)ccn(C)c1=O. The number of carbonyl (C=O) groups excluding carboxylic acids is 1. The Balaban J connectivity index is 0.00000126. The summed E-state index contributed by atoms with van der Waals surface area (Å²) in [6.45, 7) is 7.84. The number of rotatable bonds is 4. The van der Waals surface area contributed by atoms with E-state index in [4.69, 9.17) is 4.74 Å². The molecule has 2 aromatic rings. The predicted octanol–water partition coefficient (Wildman–Crippen LogP) is 3.93. The van der Waals surface area contributed by atoms with Gasteiger partial charge in [-0.25, -0.2) is 0 Å². The fourth-order valence-corrected chi connectivity index (χ4v) is 3.08. The predicted molar refractivity (Wildman–Crippen MR) is 108 cm³/mol. The van der Waals surface area contributed by atoms with E-state index < -0.39 is 0 Å². The number of benzene rings is 1. The lowest BCUT2D eigenvalue weighted by molar-refractivity contribution is 0.0724. The summed E-state index contributed by atoms with van der Waals surface area (Å²) >= 11 is 0. The van der Waals surface area contributed by atoms with Crippen molar-refractivity contribution in [3.63, 3.8) is 0 Å². The van der Waals surface area contributed by atoms with E-state index in [0.29, 0.717) is 17.9 Å². The first-order chi connectivity index (χ1) is 13.1. The molecule has 0 atom stereocenters. The summed E-state index contributed by atoms with van der Waals surface area (Å²) in [6.07, 6.45) is 5.09. The Morgan fingerprint density at radius 1 is 1.04 bits per heavy atom. The van der Waals surface area contributed by atoms with Gasteiger partial charge in [0.2, 0.25) is 0 Å². The second-order valence-electron chi connectivity index (χ2n) is 6.56. The molecule has 1 aromatic carbocycles. The Labute approximate surface area is 161 Å². The van der Waals surface area contributed by atoms with Crippen LogP contribution in [0.25, 0.3) is 0 Å². The molecule has 1 amide bonds. The maximum atomic E-state index is 12.5. The molecule has 1 aromatic heterocycles. The van der Waals surface area contributed by atoms with Crippen molar-refractivity contribution < 1.29 is 9.53 Å². The van der Waals surface area contributed by atoms with Gasteiger partial charge in [-0.15, -0.1) is 0 Å². The number of piperidine rings is 1. The summed E-state index contributed by atoms with van der Waals surface area (Å²) in [7, 11) is 1.72. The van der Waals surface area contributed by atoms with E-state index in [0.717, 1.165) is 37.1 Å². The van der Waals surface area contributed by atoms with Crippen molar-refractivity contribution in [1.29, 1.82) is 0 Å². The highest BCUT2D eigenvalue weighted by Gasteiger charge is 2.17. The van der Waals surface area contributed by atoms with Gasteiger partial charge in [-0.3, -0.25) is 9.59 Å². The van der Waals surface area contributed by atoms with Crippen LogP contribution in [-0.2, 0) is 13.7 Å². The molecule has 27 heavy (non-hydrogen) atoms. The molecule has 3 rings (SSSR count). The fraction of sp³-hybridized carbons (Fsp3) is 0.455. The van der Waals surface area contributed by atoms with Crippen molar-refractivity contribution in [1.82, 2.24) is 9.47 Å². The third-order valence-corrected chi connectivity index (χ3v) is 4.70. The van der Waals surface area contributed by atoms with Crippen LogP contribution in [-0.4, -0.2) is 28.5 Å². The number of pyridine rings is 1. The normalized spacial score (nSPS) is 13.6. The van der Waals surface area contributed by atoms with Crippen molar-refractivity contribution in [3.05, 3.63) is 63.6 Å². The number of carbonyl (C=O) groups is 1. The second kappa shape index (κ2) is 9.95. The third kappa shape index (κ3) is 5.22. The largest absolute Gasteiger partial charge is 0.488 e. The van der Waals surface area contributed by atoms with Gasteiger partial charge in [0.1, 0.15) is 12.4 Å². The van der Waals surface area contributed by atoms with E-state index in [9.17, 15) is 9.59 Å². The molecule has 146 valence electrons. The molecule has 0 saturated carbocycles. The lowest BCUT2D eigenvalue weighted by Crippen LogP contribution is -2.35. The quantitative estimate of drug-likeness (QED) is 0.819. The Kier molecular flexibility index (Phi) is 7.65. The van der Waals surface area contributed by atoms with Gasteiger partial charge in [-0.2, -0.15) is 0 Å². The van der Waals surface area contributed by atoms with Crippen molar-refractivity contribution in [3.8, 4) is 5.75 Å². The zero-order chi connectivity index (χ0) is 19.8. The Morgan fingerprint density at radius 3 is 2.30 bits per heavy atom. The molecule has 0 N–H and O–H groups in total. The number of hydrogen-bond acceptors (Lipinski definition) is 3. The van der Waals surface area contributed by atoms with Crippen LogP contribution in [0.5, 0.6) is 5.75 Å². The molecule has 0 aliphatic carbocycles. The highest BCUT2D eigenvalue weighted by Crippen LogP contribution is 2.17. The molecule has 0 spiro atoms. The average molecular weight is 370 g/mol. The number of likely N-dealkylation sites (tertiary alicyclic amines) is 1. The maximum absolute atomic E-state index is 12.5. The third-order valence-electron chi connectivity index (χ3n) is 4.70. The lowest BCUT2D eigenvalue weighted by Gasteiger charge is -2.26. The number of aryl methyl sites for hydroxylation is 1. The Hall–Kier alpha value is -2.56. The molecule has 0 radical (unpaired) electrons. The van der Waals surface area contributed by atoms with Crippen molar-refractivity contribution >= 4 is 5.91 Å². The number of ether oxygens (including phenoxy) is 1. The first kappa shape index (κ1) is 20.7. The van der Waals surface area contributed by atoms with Crippen LogP contribution in [0.2, 0.25) is 0 Å². The van der Waals surface area contributed by atoms with Gasteiger partial charge in [0.25, 0.3) is 11.5 Å². The van der Waals surface area contributed by atoms with E-state index in [1.54, 1.807) is 26.2 Å². The topological polar surface area (TPSA) is 51.5 Å². The average Bonchev–Trinajstić information content (AvgIpc) is 2.73. The van der Waals surface area contributed by atoms with Crippen molar-refractivity contribution in [2.75, 3.05) is 13.1 Å². The van der Waals surface area contributed by atoms with Gasteiger partial charge < -0.3 is 14.2 Å². The van der Waals surface area contributed by atoms with E-state index in [2.05, 4.69) is 0 Å². The standard InChI is InChI=1S/C20H24N2O3.C2H6/c1-15-18(10-13-21(2)19(15)23)25-14-16-6-8-17(9-7-16)20(24)22-11-4-3-5-12-22;1-2/h6-10,13H,3-5,11-12,14H2,1-2H3;1-2H3. The van der Waals surface area contributed by atoms with Crippen LogP contribution in [0.3, 0.4) is 0 Å². The highest BCUT2D eigenvalue weighted by atomic mass is 16.5. The Bertz CT molecular complexity index is 803.